The van der Waals surface area contributed by atoms with Crippen LogP contribution in [0, 0.1) is 17.1 Å². The maximum atomic E-state index is 13.4. The van der Waals surface area contributed by atoms with Crippen LogP contribution < -0.4 is 10.8 Å². The number of rotatable bonds is 7. The summed E-state index contributed by atoms with van der Waals surface area (Å²) in [6.07, 6.45) is -3.16. The number of hydrogen-bond donors (Lipinski definition) is 2. The lowest BCUT2D eigenvalue weighted by molar-refractivity contribution is -0.167. The standard InChI is InChI=1S/C21H18F4N4O4S/c22-19-6-1-14(11-15(19)12-26)13-33-28-17-7-9-29(10-8-17)34(31,32)18-4-2-16(3-5-18)27-20(30)21(23,24)25/h1-7,11,28H,8-10,13H2,(H,27,30). The molecule has 2 aromatic carbocycles. The number of carbonyl (C=O) groups is 1. The van der Waals surface area contributed by atoms with Gasteiger partial charge in [0.15, 0.2) is 0 Å². The van der Waals surface area contributed by atoms with Crippen LogP contribution in [0.4, 0.5) is 23.2 Å². The number of alkyl halides is 3. The Morgan fingerprint density at radius 1 is 1.18 bits per heavy atom. The van der Waals surface area contributed by atoms with Crippen molar-refractivity contribution in [2.75, 3.05) is 18.4 Å². The topological polar surface area (TPSA) is 112 Å². The maximum absolute atomic E-state index is 13.4. The van der Waals surface area contributed by atoms with Gasteiger partial charge in [0.25, 0.3) is 0 Å². The Morgan fingerprint density at radius 3 is 2.47 bits per heavy atom. The van der Waals surface area contributed by atoms with E-state index in [0.717, 1.165) is 30.3 Å². The summed E-state index contributed by atoms with van der Waals surface area (Å²) in [6, 6.07) is 10.1. The smallest absolute Gasteiger partial charge is 0.318 e. The van der Waals surface area contributed by atoms with Crippen molar-refractivity contribution in [1.29, 1.82) is 5.26 Å². The second kappa shape index (κ2) is 10.2. The molecule has 0 saturated heterocycles. The van der Waals surface area contributed by atoms with Crippen LogP contribution in [0.2, 0.25) is 0 Å². The highest BCUT2D eigenvalue weighted by Crippen LogP contribution is 2.23. The Balaban J connectivity index is 1.55. The molecule has 3 rings (SSSR count). The molecule has 0 saturated carbocycles. The lowest BCUT2D eigenvalue weighted by atomic mass is 10.1. The molecule has 34 heavy (non-hydrogen) atoms. The summed E-state index contributed by atoms with van der Waals surface area (Å²) in [5, 5.41) is 10.5. The van der Waals surface area contributed by atoms with Crippen LogP contribution in [0.1, 0.15) is 17.5 Å². The summed E-state index contributed by atoms with van der Waals surface area (Å²) in [6.45, 7) is 0.188. The average molecular weight is 498 g/mol. The van der Waals surface area contributed by atoms with Gasteiger partial charge in [0.05, 0.1) is 17.1 Å². The lowest BCUT2D eigenvalue weighted by Crippen LogP contribution is -2.36. The van der Waals surface area contributed by atoms with Crippen LogP contribution in [0.3, 0.4) is 0 Å². The Bertz CT molecular complexity index is 1240. The third kappa shape index (κ3) is 6.10. The van der Waals surface area contributed by atoms with Crippen LogP contribution in [0.5, 0.6) is 0 Å². The van der Waals surface area contributed by atoms with E-state index in [1.54, 1.807) is 17.5 Å². The number of amides is 1. The summed E-state index contributed by atoms with van der Waals surface area (Å²) in [7, 11) is -3.92. The van der Waals surface area contributed by atoms with E-state index in [1.165, 1.54) is 16.4 Å². The van der Waals surface area contributed by atoms with Gasteiger partial charge in [0, 0.05) is 30.9 Å². The molecule has 1 aliphatic heterocycles. The summed E-state index contributed by atoms with van der Waals surface area (Å²) < 4.78 is 77.1. The van der Waals surface area contributed by atoms with Crippen molar-refractivity contribution in [2.45, 2.75) is 24.1 Å². The Morgan fingerprint density at radius 2 is 1.88 bits per heavy atom. The number of anilines is 1. The minimum atomic E-state index is -5.06. The van der Waals surface area contributed by atoms with Crippen molar-refractivity contribution in [2.24, 2.45) is 0 Å². The molecule has 13 heteroatoms. The molecule has 8 nitrogen and oxygen atoms in total. The van der Waals surface area contributed by atoms with Crippen molar-refractivity contribution >= 4 is 21.6 Å². The first-order valence-electron chi connectivity index (χ1n) is 9.74. The van der Waals surface area contributed by atoms with Gasteiger partial charge in [-0.25, -0.2) is 12.8 Å². The number of benzene rings is 2. The van der Waals surface area contributed by atoms with E-state index < -0.39 is 27.9 Å². The van der Waals surface area contributed by atoms with Crippen molar-refractivity contribution in [3.63, 3.8) is 0 Å². The Labute approximate surface area is 192 Å². The summed E-state index contributed by atoms with van der Waals surface area (Å²) in [5.41, 5.74) is 3.61. The fourth-order valence-electron chi connectivity index (χ4n) is 2.98. The quantitative estimate of drug-likeness (QED) is 0.448. The number of hydrogen-bond acceptors (Lipinski definition) is 6. The highest BCUT2D eigenvalue weighted by molar-refractivity contribution is 7.89. The highest BCUT2D eigenvalue weighted by Gasteiger charge is 2.38. The number of sulfonamides is 1. The minimum Gasteiger partial charge on any atom is -0.318 e. The van der Waals surface area contributed by atoms with E-state index in [9.17, 15) is 30.8 Å². The molecule has 0 radical (unpaired) electrons. The number of nitrogens with zero attached hydrogens (tertiary/aromatic N) is 2. The van der Waals surface area contributed by atoms with E-state index in [4.69, 9.17) is 10.1 Å². The summed E-state index contributed by atoms with van der Waals surface area (Å²) in [5.74, 6) is -2.78. The van der Waals surface area contributed by atoms with E-state index >= 15 is 0 Å². The van der Waals surface area contributed by atoms with E-state index in [0.29, 0.717) is 17.7 Å². The molecule has 2 aromatic rings. The second-order valence-electron chi connectivity index (χ2n) is 7.14. The molecule has 180 valence electrons. The highest BCUT2D eigenvalue weighted by atomic mass is 32.2. The second-order valence-corrected chi connectivity index (χ2v) is 9.07. The van der Waals surface area contributed by atoms with Crippen molar-refractivity contribution in [1.82, 2.24) is 9.79 Å². The molecule has 1 heterocycles. The molecule has 2 N–H and O–H groups in total. The van der Waals surface area contributed by atoms with Gasteiger partial charge in [-0.05, 0) is 48.0 Å². The molecule has 0 aliphatic carbocycles. The van der Waals surface area contributed by atoms with Gasteiger partial charge >= 0.3 is 12.1 Å². The van der Waals surface area contributed by atoms with Crippen LogP contribution in [0.25, 0.3) is 0 Å². The van der Waals surface area contributed by atoms with E-state index in [-0.39, 0.29) is 35.8 Å². The predicted molar refractivity (Wildman–Crippen MR) is 112 cm³/mol. The molecule has 0 atom stereocenters. The van der Waals surface area contributed by atoms with Gasteiger partial charge in [-0.15, -0.1) is 0 Å². The Hall–Kier alpha value is -3.47. The van der Waals surface area contributed by atoms with Crippen molar-refractivity contribution < 1.29 is 35.6 Å². The van der Waals surface area contributed by atoms with E-state index in [1.807, 2.05) is 0 Å². The molecule has 0 spiro atoms. The Kier molecular flexibility index (Phi) is 7.55. The van der Waals surface area contributed by atoms with Crippen molar-refractivity contribution in [3.05, 3.63) is 71.2 Å². The van der Waals surface area contributed by atoms with Crippen LogP contribution >= 0.6 is 0 Å². The van der Waals surface area contributed by atoms with Gasteiger partial charge in [-0.1, -0.05) is 6.07 Å². The minimum absolute atomic E-state index is 0.0235. The number of halogens is 4. The monoisotopic (exact) mass is 498 g/mol. The molecule has 1 amide bonds. The predicted octanol–water partition coefficient (Wildman–Crippen LogP) is 3.20. The van der Waals surface area contributed by atoms with Crippen LogP contribution in [-0.2, 0) is 26.3 Å². The number of hydroxylamine groups is 1. The molecular formula is C21H18F4N4O4S. The maximum Gasteiger partial charge on any atom is 0.471 e. The number of nitrogens with one attached hydrogen (secondary N) is 2. The normalized spacial score (nSPS) is 14.7. The van der Waals surface area contributed by atoms with E-state index in [2.05, 4.69) is 5.48 Å². The third-order valence-corrected chi connectivity index (χ3v) is 6.65. The fourth-order valence-corrected chi connectivity index (χ4v) is 4.36. The summed E-state index contributed by atoms with van der Waals surface area (Å²) >= 11 is 0. The van der Waals surface area contributed by atoms with Gasteiger partial charge < -0.3 is 5.32 Å². The summed E-state index contributed by atoms with van der Waals surface area (Å²) in [4.78, 5) is 16.2. The van der Waals surface area contributed by atoms with Crippen LogP contribution in [0.15, 0.2) is 59.1 Å². The largest absolute Gasteiger partial charge is 0.471 e. The van der Waals surface area contributed by atoms with Gasteiger partial charge in [0.2, 0.25) is 10.0 Å². The van der Waals surface area contributed by atoms with Crippen LogP contribution in [-0.4, -0.2) is 37.9 Å². The molecule has 1 aliphatic rings. The first-order chi connectivity index (χ1) is 16.0. The molecule has 0 aromatic heterocycles. The van der Waals surface area contributed by atoms with Gasteiger partial charge in [-0.2, -0.15) is 22.7 Å². The fraction of sp³-hybridized carbons (Fsp3) is 0.238. The van der Waals surface area contributed by atoms with Gasteiger partial charge in [0.1, 0.15) is 11.9 Å². The molecule has 0 bridgehead atoms. The number of carbonyl (C=O) groups excluding carboxylic acids is 1. The molecular weight excluding hydrogens is 480 g/mol. The molecule has 0 unspecified atom stereocenters. The zero-order valence-corrected chi connectivity index (χ0v) is 18.2. The first-order valence-corrected chi connectivity index (χ1v) is 11.2. The van der Waals surface area contributed by atoms with Crippen molar-refractivity contribution in [3.8, 4) is 6.07 Å². The number of nitriles is 1. The third-order valence-electron chi connectivity index (χ3n) is 4.77. The lowest BCUT2D eigenvalue weighted by Gasteiger charge is -2.26. The van der Waals surface area contributed by atoms with Gasteiger partial charge in [-0.3, -0.25) is 15.1 Å². The average Bonchev–Trinajstić information content (AvgIpc) is 2.80. The SMILES string of the molecule is N#Cc1cc(CONC2=CCN(S(=O)(=O)c3ccc(NC(=O)C(F)(F)F)cc3)CC2)ccc1F. The first kappa shape index (κ1) is 25.2. The zero-order chi connectivity index (χ0) is 24.9. The zero-order valence-electron chi connectivity index (χ0n) is 17.4. The molecule has 0 fully saturated rings.